The summed E-state index contributed by atoms with van der Waals surface area (Å²) >= 11 is 5.87. The number of hydrogen-bond donors (Lipinski definition) is 1. The SMILES string of the molecule is Cc1nc(C(=O)N[C@@H](C)c2ccc(Cl)cc2)nn1-c1ccc(F)cc1. The Bertz CT molecular complexity index is 890. The van der Waals surface area contributed by atoms with Gasteiger partial charge in [0, 0.05) is 5.02 Å². The molecule has 0 aliphatic carbocycles. The van der Waals surface area contributed by atoms with E-state index in [2.05, 4.69) is 15.4 Å². The highest BCUT2D eigenvalue weighted by molar-refractivity contribution is 6.30. The Morgan fingerprint density at radius 3 is 2.44 bits per heavy atom. The molecule has 128 valence electrons. The third-order valence-corrected chi connectivity index (χ3v) is 4.01. The van der Waals surface area contributed by atoms with Gasteiger partial charge in [-0.05, 0) is 55.8 Å². The first-order chi connectivity index (χ1) is 11.9. The van der Waals surface area contributed by atoms with Crippen LogP contribution in [0.3, 0.4) is 0 Å². The molecule has 1 N–H and O–H groups in total. The molecular formula is C18H16ClFN4O. The monoisotopic (exact) mass is 358 g/mol. The second-order valence-corrected chi connectivity index (χ2v) is 6.05. The van der Waals surface area contributed by atoms with Crippen molar-refractivity contribution in [2.24, 2.45) is 0 Å². The van der Waals surface area contributed by atoms with Crippen molar-refractivity contribution in [3.63, 3.8) is 0 Å². The third kappa shape index (κ3) is 3.85. The maximum absolute atomic E-state index is 13.0. The fourth-order valence-electron chi connectivity index (χ4n) is 2.41. The largest absolute Gasteiger partial charge is 0.343 e. The number of benzene rings is 2. The molecule has 0 aliphatic heterocycles. The molecule has 0 spiro atoms. The lowest BCUT2D eigenvalue weighted by Gasteiger charge is -2.13. The van der Waals surface area contributed by atoms with E-state index in [1.54, 1.807) is 31.2 Å². The van der Waals surface area contributed by atoms with Crippen molar-refractivity contribution in [3.8, 4) is 5.69 Å². The fourth-order valence-corrected chi connectivity index (χ4v) is 2.54. The molecule has 0 saturated carbocycles. The highest BCUT2D eigenvalue weighted by Gasteiger charge is 2.18. The first kappa shape index (κ1) is 17.1. The van der Waals surface area contributed by atoms with Crippen LogP contribution in [0, 0.1) is 12.7 Å². The number of halogens is 2. The van der Waals surface area contributed by atoms with Gasteiger partial charge in [-0.25, -0.2) is 14.1 Å². The van der Waals surface area contributed by atoms with Crippen molar-refractivity contribution in [1.82, 2.24) is 20.1 Å². The van der Waals surface area contributed by atoms with Crippen molar-refractivity contribution in [3.05, 3.63) is 76.6 Å². The average molecular weight is 359 g/mol. The van der Waals surface area contributed by atoms with Crippen molar-refractivity contribution < 1.29 is 9.18 Å². The minimum absolute atomic E-state index is 0.0580. The quantitative estimate of drug-likeness (QED) is 0.770. The highest BCUT2D eigenvalue weighted by atomic mass is 35.5. The second-order valence-electron chi connectivity index (χ2n) is 5.62. The predicted molar refractivity (Wildman–Crippen MR) is 93.4 cm³/mol. The van der Waals surface area contributed by atoms with Gasteiger partial charge in [0.05, 0.1) is 11.7 Å². The van der Waals surface area contributed by atoms with Gasteiger partial charge >= 0.3 is 0 Å². The standard InChI is InChI=1S/C18H16ClFN4O/c1-11(13-3-5-14(19)6-4-13)21-18(25)17-22-12(2)24(23-17)16-9-7-15(20)8-10-16/h3-11H,1-2H3,(H,21,25)/t11-/m0/s1. The van der Waals surface area contributed by atoms with Crippen LogP contribution >= 0.6 is 11.6 Å². The number of amides is 1. The van der Waals surface area contributed by atoms with E-state index in [-0.39, 0.29) is 23.6 Å². The number of carbonyl (C=O) groups is 1. The summed E-state index contributed by atoms with van der Waals surface area (Å²) < 4.78 is 14.5. The Hall–Kier alpha value is -2.73. The van der Waals surface area contributed by atoms with Crippen molar-refractivity contribution in [1.29, 1.82) is 0 Å². The molecule has 0 fully saturated rings. The number of aromatic nitrogens is 3. The lowest BCUT2D eigenvalue weighted by atomic mass is 10.1. The van der Waals surface area contributed by atoms with Gasteiger partial charge in [-0.2, -0.15) is 0 Å². The van der Waals surface area contributed by atoms with E-state index in [0.29, 0.717) is 16.5 Å². The topological polar surface area (TPSA) is 59.8 Å². The summed E-state index contributed by atoms with van der Waals surface area (Å²) in [4.78, 5) is 16.6. The van der Waals surface area contributed by atoms with Crippen LogP contribution in [0.2, 0.25) is 5.02 Å². The van der Waals surface area contributed by atoms with Crippen LogP contribution in [0.4, 0.5) is 4.39 Å². The van der Waals surface area contributed by atoms with E-state index < -0.39 is 0 Å². The van der Waals surface area contributed by atoms with Gasteiger partial charge in [-0.15, -0.1) is 5.10 Å². The summed E-state index contributed by atoms with van der Waals surface area (Å²) in [6, 6.07) is 12.8. The molecule has 1 amide bonds. The molecule has 7 heteroatoms. The van der Waals surface area contributed by atoms with E-state index in [1.165, 1.54) is 16.8 Å². The van der Waals surface area contributed by atoms with Crippen molar-refractivity contribution >= 4 is 17.5 Å². The molecular weight excluding hydrogens is 343 g/mol. The average Bonchev–Trinajstić information content (AvgIpc) is 2.98. The molecule has 0 bridgehead atoms. The number of nitrogens with one attached hydrogen (secondary N) is 1. The normalized spacial score (nSPS) is 12.0. The zero-order valence-electron chi connectivity index (χ0n) is 13.7. The van der Waals surface area contributed by atoms with Gasteiger partial charge in [0.15, 0.2) is 0 Å². The molecule has 5 nitrogen and oxygen atoms in total. The minimum atomic E-state index is -0.383. The van der Waals surface area contributed by atoms with Crippen LogP contribution in [0.15, 0.2) is 48.5 Å². The Labute approximate surface area is 149 Å². The van der Waals surface area contributed by atoms with Crippen LogP contribution in [-0.4, -0.2) is 20.7 Å². The fraction of sp³-hybridized carbons (Fsp3) is 0.167. The van der Waals surface area contributed by atoms with Gasteiger partial charge < -0.3 is 5.32 Å². The Balaban J connectivity index is 1.77. The number of nitrogens with zero attached hydrogens (tertiary/aromatic N) is 3. The maximum Gasteiger partial charge on any atom is 0.291 e. The van der Waals surface area contributed by atoms with Crippen LogP contribution in [0.5, 0.6) is 0 Å². The van der Waals surface area contributed by atoms with Crippen molar-refractivity contribution in [2.45, 2.75) is 19.9 Å². The highest BCUT2D eigenvalue weighted by Crippen LogP contribution is 2.17. The minimum Gasteiger partial charge on any atom is -0.343 e. The number of aryl methyl sites for hydroxylation is 1. The van der Waals surface area contributed by atoms with E-state index >= 15 is 0 Å². The molecule has 3 aromatic rings. The first-order valence-electron chi connectivity index (χ1n) is 7.70. The Morgan fingerprint density at radius 1 is 1.16 bits per heavy atom. The maximum atomic E-state index is 13.0. The zero-order chi connectivity index (χ0) is 18.0. The lowest BCUT2D eigenvalue weighted by Crippen LogP contribution is -2.27. The van der Waals surface area contributed by atoms with E-state index in [1.807, 2.05) is 19.1 Å². The van der Waals surface area contributed by atoms with Crippen LogP contribution < -0.4 is 5.32 Å². The van der Waals surface area contributed by atoms with Gasteiger partial charge in [0.25, 0.3) is 5.91 Å². The van der Waals surface area contributed by atoms with Gasteiger partial charge in [-0.3, -0.25) is 4.79 Å². The molecule has 0 unspecified atom stereocenters. The number of hydrogen-bond acceptors (Lipinski definition) is 3. The van der Waals surface area contributed by atoms with Crippen molar-refractivity contribution in [2.75, 3.05) is 0 Å². The predicted octanol–water partition coefficient (Wildman–Crippen LogP) is 3.86. The van der Waals surface area contributed by atoms with Gasteiger partial charge in [-0.1, -0.05) is 23.7 Å². The summed E-state index contributed by atoms with van der Waals surface area (Å²) in [7, 11) is 0. The Kier molecular flexibility index (Phi) is 4.81. The summed E-state index contributed by atoms with van der Waals surface area (Å²) in [6.45, 7) is 3.60. The van der Waals surface area contributed by atoms with Gasteiger partial charge in [0.2, 0.25) is 5.82 Å². The molecule has 2 aromatic carbocycles. The summed E-state index contributed by atoms with van der Waals surface area (Å²) in [6.07, 6.45) is 0. The van der Waals surface area contributed by atoms with Gasteiger partial charge in [0.1, 0.15) is 11.6 Å². The van der Waals surface area contributed by atoms with E-state index in [9.17, 15) is 9.18 Å². The molecule has 3 rings (SSSR count). The first-order valence-corrected chi connectivity index (χ1v) is 8.08. The lowest BCUT2D eigenvalue weighted by molar-refractivity contribution is 0.0929. The number of rotatable bonds is 4. The molecule has 0 aliphatic rings. The third-order valence-electron chi connectivity index (χ3n) is 3.76. The molecule has 1 aromatic heterocycles. The van der Waals surface area contributed by atoms with E-state index in [4.69, 9.17) is 11.6 Å². The summed E-state index contributed by atoms with van der Waals surface area (Å²) in [5.74, 6) is -0.124. The molecule has 1 heterocycles. The number of carbonyl (C=O) groups excluding carboxylic acids is 1. The zero-order valence-corrected chi connectivity index (χ0v) is 14.5. The van der Waals surface area contributed by atoms with Crippen LogP contribution in [0.25, 0.3) is 5.69 Å². The summed E-state index contributed by atoms with van der Waals surface area (Å²) in [5, 5.41) is 7.71. The van der Waals surface area contributed by atoms with Crippen LogP contribution in [0.1, 0.15) is 35.0 Å². The Morgan fingerprint density at radius 2 is 1.80 bits per heavy atom. The molecule has 0 saturated heterocycles. The van der Waals surface area contributed by atoms with Crippen LogP contribution in [-0.2, 0) is 0 Å². The molecule has 1 atom stereocenters. The second kappa shape index (κ2) is 7.03. The smallest absolute Gasteiger partial charge is 0.291 e. The molecule has 0 radical (unpaired) electrons. The van der Waals surface area contributed by atoms with E-state index in [0.717, 1.165) is 5.56 Å². The summed E-state index contributed by atoms with van der Waals surface area (Å²) in [5.41, 5.74) is 1.56. The molecule has 25 heavy (non-hydrogen) atoms.